The molecule has 0 saturated carbocycles. The molecule has 4 heterocycles. The fourth-order valence-corrected chi connectivity index (χ4v) is 13.5. The van der Waals surface area contributed by atoms with Crippen molar-refractivity contribution in [1.29, 1.82) is 16.2 Å². The fourth-order valence-electron chi connectivity index (χ4n) is 13.5. The van der Waals surface area contributed by atoms with Crippen LogP contribution in [0.25, 0.3) is 43.6 Å². The summed E-state index contributed by atoms with van der Waals surface area (Å²) in [5.74, 6) is -12.9. The van der Waals surface area contributed by atoms with Gasteiger partial charge in [0.15, 0.2) is 17.9 Å². The molecule has 0 spiro atoms. The Kier molecular flexibility index (Phi) is 32.6. The van der Waals surface area contributed by atoms with Crippen molar-refractivity contribution < 1.29 is 62.6 Å². The predicted molar refractivity (Wildman–Crippen MR) is 435 cm³/mol. The fraction of sp³-hybridized carbons (Fsp3) is 0.397. The van der Waals surface area contributed by atoms with Crippen LogP contribution in [-0.4, -0.2) is 194 Å². The number of nitrogens with one attached hydrogen (secondary N) is 19. The number of primary amides is 2. The van der Waals surface area contributed by atoms with E-state index in [9.17, 15) is 33.9 Å². The van der Waals surface area contributed by atoms with E-state index in [-0.39, 0.29) is 108 Å². The van der Waals surface area contributed by atoms with Crippen LogP contribution in [-0.2, 0) is 83.2 Å². The molecule has 0 aliphatic rings. The molecule has 0 unspecified atom stereocenters. The molecular formula is C78H105N25O13. The van der Waals surface area contributed by atoms with Gasteiger partial charge in [-0.25, -0.2) is 4.79 Å². The van der Waals surface area contributed by atoms with E-state index in [0.717, 1.165) is 0 Å². The van der Waals surface area contributed by atoms with E-state index in [0.29, 0.717) is 72.3 Å². The molecule has 38 nitrogen and oxygen atoms in total. The number of aromatic amines is 4. The zero-order valence-corrected chi connectivity index (χ0v) is 64.4. The summed E-state index contributed by atoms with van der Waals surface area (Å²) in [7, 11) is 0. The first-order valence-corrected chi connectivity index (χ1v) is 38.1. The Bertz CT molecular complexity index is 4840. The smallest absolute Gasteiger partial charge is 0.326 e. The lowest BCUT2D eigenvalue weighted by atomic mass is 9.99. The van der Waals surface area contributed by atoms with Gasteiger partial charge in [-0.3, -0.25) is 69.0 Å². The summed E-state index contributed by atoms with van der Waals surface area (Å²) in [5.41, 5.74) is 38.8. The quantitative estimate of drug-likeness (QED) is 0.0124. The number of hydrogen-bond acceptors (Lipinski definition) is 16. The lowest BCUT2D eigenvalue weighted by molar-refractivity contribution is -0.142. The number of aliphatic carboxylic acids is 1. The minimum Gasteiger partial charge on any atom is -0.480 e. The molecule has 38 heteroatoms. The Hall–Kier alpha value is -13.6. The van der Waals surface area contributed by atoms with Crippen LogP contribution in [0.3, 0.4) is 0 Å². The topological polar surface area (TPSA) is 660 Å². The monoisotopic (exact) mass is 1600 g/mol. The maximum Gasteiger partial charge on any atom is 0.326 e. The summed E-state index contributed by atoms with van der Waals surface area (Å²) >= 11 is 0. The summed E-state index contributed by atoms with van der Waals surface area (Å²) in [5, 5.41) is 67.6. The van der Waals surface area contributed by atoms with E-state index in [4.69, 9.17) is 50.6 Å². The number of benzene rings is 4. The Labute approximate surface area is 666 Å². The summed E-state index contributed by atoms with van der Waals surface area (Å²) in [6, 6.07) is 13.2. The van der Waals surface area contributed by atoms with Crippen LogP contribution in [0.4, 0.5) is 0 Å². The number of nitrogens with two attached hydrogens (primary N) is 6. The third kappa shape index (κ3) is 26.5. The number of guanidine groups is 3. The molecule has 0 bridgehead atoms. The average molecular weight is 1600 g/mol. The maximum absolute atomic E-state index is 15.5. The molecule has 0 radical (unpaired) electrons. The Morgan fingerprint density at radius 2 is 0.595 bits per heavy atom. The van der Waals surface area contributed by atoms with Crippen LogP contribution in [0.15, 0.2) is 122 Å². The van der Waals surface area contributed by atoms with Crippen molar-refractivity contribution in [2.75, 3.05) is 19.6 Å². The molecule has 116 heavy (non-hydrogen) atoms. The summed E-state index contributed by atoms with van der Waals surface area (Å²) < 4.78 is 0. The highest BCUT2D eigenvalue weighted by molar-refractivity contribution is 6.01. The zero-order valence-electron chi connectivity index (χ0n) is 64.4. The van der Waals surface area contributed by atoms with Crippen molar-refractivity contribution in [1.82, 2.24) is 83.7 Å². The third-order valence-electron chi connectivity index (χ3n) is 19.5. The SMILES string of the molecule is CC(C)C[C@H](NC(=O)[C@@H](N)CCCNC(=N)N)C(=O)N[C@@H](Cc1c[nH]c2ccccc12)C(=O)N[C@@H](Cc1c[nH]c2ccccc12)C(=O)N[C@@H](CCC(N)=O)C(=O)N[C@@H](CCC(N)=O)C(=O)N[C@@H](Cc1c[nH]c2ccccc12)C(=O)N[C@@H](Cc1c[nH]c2ccccc12)C(=O)N[C@@H](CCCNC(=N)N)C(=O)N[C@@H](CCCNC(=N)N)C(=O)O. The highest BCUT2D eigenvalue weighted by atomic mass is 16.4. The van der Waals surface area contributed by atoms with E-state index >= 15 is 28.8 Å². The molecule has 0 aliphatic heterocycles. The van der Waals surface area contributed by atoms with Gasteiger partial charge in [-0.15, -0.1) is 0 Å². The number of hydrogen-bond donors (Lipinski definition) is 26. The van der Waals surface area contributed by atoms with Gasteiger partial charge < -0.3 is 123 Å². The first kappa shape index (κ1) is 88.0. The van der Waals surface area contributed by atoms with Crippen LogP contribution in [0, 0.1) is 22.1 Å². The van der Waals surface area contributed by atoms with Gasteiger partial charge in [0.2, 0.25) is 65.0 Å². The summed E-state index contributed by atoms with van der Waals surface area (Å²) in [6.07, 6.45) is 3.89. The van der Waals surface area contributed by atoms with Gasteiger partial charge in [-0.2, -0.15) is 0 Å². The Balaban J connectivity index is 1.11. The highest BCUT2D eigenvalue weighted by Gasteiger charge is 2.38. The van der Waals surface area contributed by atoms with Crippen molar-refractivity contribution in [2.45, 2.75) is 171 Å². The van der Waals surface area contributed by atoms with Crippen LogP contribution in [0.5, 0.6) is 0 Å². The second kappa shape index (κ2) is 42.9. The van der Waals surface area contributed by atoms with Gasteiger partial charge >= 0.3 is 5.97 Å². The molecule has 32 N–H and O–H groups in total. The lowest BCUT2D eigenvalue weighted by Gasteiger charge is -2.28. The highest BCUT2D eigenvalue weighted by Crippen LogP contribution is 2.25. The second-order valence-electron chi connectivity index (χ2n) is 28.8. The first-order valence-electron chi connectivity index (χ1n) is 38.1. The van der Waals surface area contributed by atoms with Gasteiger partial charge in [0, 0.05) is 127 Å². The number of H-pyrrole nitrogens is 4. The number of aromatic nitrogens is 4. The molecule has 4 aromatic carbocycles. The number of carboxylic acids is 1. The van der Waals surface area contributed by atoms with Crippen LogP contribution in [0.1, 0.15) is 107 Å². The van der Waals surface area contributed by atoms with Crippen molar-refractivity contribution in [3.05, 3.63) is 144 Å². The van der Waals surface area contributed by atoms with Crippen molar-refractivity contribution in [3.8, 4) is 0 Å². The maximum atomic E-state index is 15.5. The van der Waals surface area contributed by atoms with Gasteiger partial charge in [0.05, 0.1) is 6.04 Å². The minimum atomic E-state index is -1.78. The van der Waals surface area contributed by atoms with Crippen LogP contribution in [0.2, 0.25) is 0 Å². The normalized spacial score (nSPS) is 13.9. The Morgan fingerprint density at radius 3 is 0.888 bits per heavy atom. The van der Waals surface area contributed by atoms with Gasteiger partial charge in [0.25, 0.3) is 0 Å². The molecule has 0 saturated heterocycles. The van der Waals surface area contributed by atoms with Crippen molar-refractivity contribution in [2.24, 2.45) is 40.3 Å². The lowest BCUT2D eigenvalue weighted by Crippen LogP contribution is -2.61. The average Bonchev–Trinajstić information content (AvgIpc) is 1.64. The molecule has 8 aromatic rings. The number of carboxylic acid groups (broad SMARTS) is 1. The number of amides is 11. The predicted octanol–water partition coefficient (Wildman–Crippen LogP) is -0.976. The number of para-hydroxylation sites is 4. The molecular weight excluding hydrogens is 1500 g/mol. The number of carbonyl (C=O) groups excluding carboxylic acids is 11. The summed E-state index contributed by atoms with van der Waals surface area (Å²) in [6.45, 7) is 4.05. The Morgan fingerprint density at radius 1 is 0.345 bits per heavy atom. The van der Waals surface area contributed by atoms with Gasteiger partial charge in [-0.05, 0) is 110 Å². The molecule has 0 aliphatic carbocycles. The van der Waals surface area contributed by atoms with E-state index in [1.54, 1.807) is 110 Å². The molecule has 620 valence electrons. The first-order chi connectivity index (χ1) is 55.4. The molecule has 8 rings (SSSR count). The van der Waals surface area contributed by atoms with E-state index in [2.05, 4.69) is 83.7 Å². The van der Waals surface area contributed by atoms with E-state index < -0.39 is 157 Å². The molecule has 10 atom stereocenters. The van der Waals surface area contributed by atoms with E-state index in [1.807, 2.05) is 26.0 Å². The van der Waals surface area contributed by atoms with Gasteiger partial charge in [-0.1, -0.05) is 86.6 Å². The second-order valence-corrected chi connectivity index (χ2v) is 28.8. The summed E-state index contributed by atoms with van der Waals surface area (Å²) in [4.78, 5) is 185. The molecule has 4 aromatic heterocycles. The van der Waals surface area contributed by atoms with E-state index in [1.165, 1.54) is 0 Å². The third-order valence-corrected chi connectivity index (χ3v) is 19.5. The van der Waals surface area contributed by atoms with Crippen molar-refractivity contribution in [3.63, 3.8) is 0 Å². The molecule has 0 fully saturated rings. The van der Waals surface area contributed by atoms with Crippen molar-refractivity contribution >= 4 is 132 Å². The van der Waals surface area contributed by atoms with Crippen LogP contribution >= 0.6 is 0 Å². The standard InChI is InChI=1S/C78H105N25O13/c1-41(2)32-59(99-66(106)50(79)18-11-29-88-76(82)83)70(110)101-63(36-45-40-94-54-22-10-6-17-49(45)54)74(114)103-61(34-43-38-92-52-20-8-4-15-47(43)52)72(112)97-56(25-27-64(80)104)68(108)96-57(26-28-65(81)105)69(109)100-62(35-44-39-93-53-21-9-5-16-48(44)53)73(113)102-60(33-42-37-91-51-19-7-3-14-46(42)51)71(111)95-55(23-12-30-89-77(84)85)67(107)98-58(75(115)116)24-13-31-90-78(86)87/h3-10,14-17,19-22,37-41,50,55-63,91-94H,11-13,18,23-36,79H2,1-2H3,(H2,80,104)(H2,81,105)(H,95,111)(H,96,108)(H,97,112)(H,98,107)(H,99,106)(H,100,109)(H,101,110)(H,102,113)(H,103,114)(H,115,116)(H4,82,83,88)(H4,84,85,89)(H4,86,87,90)/t50-,55-,56-,57-,58-,59-,60-,61-,62-,63-/m0/s1. The largest absolute Gasteiger partial charge is 0.480 e. The molecule has 11 amide bonds. The van der Waals surface area contributed by atoms with Gasteiger partial charge in [0.1, 0.15) is 54.4 Å². The zero-order chi connectivity index (χ0) is 84.1. The number of rotatable bonds is 47. The number of fused-ring (bicyclic) bond motifs is 4. The number of carbonyl (C=O) groups is 12. The van der Waals surface area contributed by atoms with Crippen LogP contribution < -0.4 is 98.2 Å². The minimum absolute atomic E-state index is 0.0433.